The van der Waals surface area contributed by atoms with E-state index in [1.54, 1.807) is 0 Å². The maximum Gasteiger partial charge on any atom is 0.481 e. The van der Waals surface area contributed by atoms with Crippen molar-refractivity contribution in [3.05, 3.63) is 10.1 Å². The summed E-state index contributed by atoms with van der Waals surface area (Å²) in [6.45, 7) is 13.5. The fourth-order valence-corrected chi connectivity index (χ4v) is 8.21. The zero-order valence-electron chi connectivity index (χ0n) is 30.7. The van der Waals surface area contributed by atoms with Crippen molar-refractivity contribution in [2.24, 2.45) is 33.9 Å². The van der Waals surface area contributed by atoms with E-state index in [1.165, 1.54) is 51.4 Å². The number of nitro groups is 1. The summed E-state index contributed by atoms with van der Waals surface area (Å²) in [6, 6.07) is -0.786. The molecule has 13 heteroatoms. The number of carbonyl (C=O) groups excluding carboxylic acids is 2. The summed E-state index contributed by atoms with van der Waals surface area (Å²) in [5.74, 6) is 0.203. The van der Waals surface area contributed by atoms with Crippen LogP contribution in [0.1, 0.15) is 151 Å². The first kappa shape index (κ1) is 40.0. The van der Waals surface area contributed by atoms with Gasteiger partial charge in [0.1, 0.15) is 6.04 Å². The number of nitrogens with one attached hydrogen (secondary N) is 3. The average molecular weight is 677 g/mol. The number of amides is 2. The Morgan fingerprint density at radius 2 is 1.60 bits per heavy atom. The minimum absolute atomic E-state index is 0.00299. The lowest BCUT2D eigenvalue weighted by Gasteiger charge is -2.64. The molecule has 6 atom stereocenters. The van der Waals surface area contributed by atoms with Crippen molar-refractivity contribution < 1.29 is 23.9 Å². The second-order valence-electron chi connectivity index (χ2n) is 15.8. The van der Waals surface area contributed by atoms with Crippen LogP contribution >= 0.6 is 0 Å². The summed E-state index contributed by atoms with van der Waals surface area (Å²) in [7, 11) is -0.563. The lowest BCUT2D eigenvalue weighted by molar-refractivity contribution is -0.525. The van der Waals surface area contributed by atoms with Gasteiger partial charge in [-0.1, -0.05) is 104 Å². The maximum atomic E-state index is 13.8. The normalized spacial score (nSPS) is 25.6. The lowest BCUT2D eigenvalue weighted by Crippen LogP contribution is -2.65. The summed E-state index contributed by atoms with van der Waals surface area (Å²) in [5, 5.41) is 16.0. The number of guanidine groups is 1. The van der Waals surface area contributed by atoms with Crippen LogP contribution in [0.3, 0.4) is 0 Å². The van der Waals surface area contributed by atoms with Gasteiger partial charge in [0.05, 0.1) is 17.6 Å². The first-order valence-corrected chi connectivity index (χ1v) is 18.9. The molecule has 12 nitrogen and oxygen atoms in total. The Hall–Kier alpha value is -2.41. The number of hydrogen-bond donors (Lipinski definition) is 4. The van der Waals surface area contributed by atoms with Gasteiger partial charge in [-0.05, 0) is 68.6 Å². The van der Waals surface area contributed by atoms with Crippen molar-refractivity contribution in [3.8, 4) is 0 Å². The van der Waals surface area contributed by atoms with Crippen molar-refractivity contribution in [1.29, 1.82) is 0 Å². The molecule has 3 saturated carbocycles. The molecule has 1 aliphatic heterocycles. The third-order valence-corrected chi connectivity index (χ3v) is 11.1. The van der Waals surface area contributed by atoms with E-state index >= 15 is 0 Å². The van der Waals surface area contributed by atoms with Crippen LogP contribution in [0.5, 0.6) is 0 Å². The average Bonchev–Trinajstić information content (AvgIpc) is 3.37. The van der Waals surface area contributed by atoms with Crippen molar-refractivity contribution >= 4 is 24.9 Å². The Balaban J connectivity index is 1.55. The smallest absolute Gasteiger partial charge is 0.404 e. The van der Waals surface area contributed by atoms with E-state index in [9.17, 15) is 19.7 Å². The summed E-state index contributed by atoms with van der Waals surface area (Å²) in [4.78, 5) is 41.5. The predicted octanol–water partition coefficient (Wildman–Crippen LogP) is 5.85. The first-order chi connectivity index (χ1) is 22.8. The van der Waals surface area contributed by atoms with Crippen molar-refractivity contribution in [2.75, 3.05) is 6.54 Å². The zero-order chi connectivity index (χ0) is 35.3. The number of hydrogen-bond acceptors (Lipinski definition) is 7. The van der Waals surface area contributed by atoms with Gasteiger partial charge in [0, 0.05) is 13.0 Å². The lowest BCUT2D eigenvalue weighted by atomic mass is 9.43. The zero-order valence-corrected chi connectivity index (χ0v) is 30.7. The van der Waals surface area contributed by atoms with E-state index < -0.39 is 18.2 Å². The largest absolute Gasteiger partial charge is 0.481 e. The van der Waals surface area contributed by atoms with Gasteiger partial charge >= 0.3 is 7.12 Å². The van der Waals surface area contributed by atoms with Crippen molar-refractivity contribution in [3.63, 3.8) is 0 Å². The molecule has 0 aromatic rings. The third-order valence-electron chi connectivity index (χ3n) is 11.1. The van der Waals surface area contributed by atoms with Gasteiger partial charge in [-0.3, -0.25) is 9.59 Å². The van der Waals surface area contributed by atoms with E-state index in [1.807, 2.05) is 5.43 Å². The Bertz CT molecular complexity index is 1080. The molecule has 0 aromatic carbocycles. The standard InChI is InChI=1S/C35H65BN6O6/c1-7-8-9-10-11-12-13-14-15-16-17-20-31(43)39-27(19-18-21-38-33(37)41-42(45)46)32(44)40-30(22-25(2)3)36-47-29-24-26-23-28(34(26,4)5)35(29,6)48-36/h25-30H,7-24H2,1-6H3,(H,39,43)(H,40,44)(H3,37,38,41)/t26-,27-,28-,29+,30-,35-/m0/s1. The summed E-state index contributed by atoms with van der Waals surface area (Å²) < 4.78 is 13.3. The SMILES string of the molecule is CCCCCCCCCCCCCC(=O)N[C@@H](CCCN=C(N)N[N+](=O)[O-])C(=O)N[C@@H](CC(C)C)B1O[C@@H]2C[C@@H]3C[C@@H](C3(C)C)[C@]2(C)O1. The van der Waals surface area contributed by atoms with Crippen LogP contribution in [0.25, 0.3) is 0 Å². The molecule has 4 rings (SSSR count). The minimum atomic E-state index is -0.786. The number of carbonyl (C=O) groups is 2. The molecule has 0 spiro atoms. The summed E-state index contributed by atoms with van der Waals surface area (Å²) >= 11 is 0. The van der Waals surface area contributed by atoms with E-state index in [0.29, 0.717) is 37.5 Å². The van der Waals surface area contributed by atoms with Crippen LogP contribution in [-0.4, -0.2) is 60.2 Å². The predicted molar refractivity (Wildman–Crippen MR) is 190 cm³/mol. The van der Waals surface area contributed by atoms with Crippen LogP contribution in [0.2, 0.25) is 0 Å². The van der Waals surface area contributed by atoms with Crippen molar-refractivity contribution in [1.82, 2.24) is 16.1 Å². The molecular formula is C35H65BN6O6. The molecule has 0 radical (unpaired) electrons. The minimum Gasteiger partial charge on any atom is -0.404 e. The van der Waals surface area contributed by atoms with Crippen LogP contribution in [0.4, 0.5) is 0 Å². The molecule has 4 aliphatic rings. The van der Waals surface area contributed by atoms with Gasteiger partial charge in [-0.25, -0.2) is 15.1 Å². The highest BCUT2D eigenvalue weighted by molar-refractivity contribution is 6.48. The van der Waals surface area contributed by atoms with Gasteiger partial charge in [-0.2, -0.15) is 0 Å². The molecule has 5 N–H and O–H groups in total. The molecule has 0 aromatic heterocycles. The van der Waals surface area contributed by atoms with Crippen LogP contribution in [0.15, 0.2) is 4.99 Å². The highest BCUT2D eigenvalue weighted by atomic mass is 16.7. The molecule has 2 bridgehead atoms. The summed E-state index contributed by atoms with van der Waals surface area (Å²) in [6.07, 6.45) is 17.0. The van der Waals surface area contributed by atoms with E-state index in [4.69, 9.17) is 15.0 Å². The molecule has 1 saturated heterocycles. The van der Waals surface area contributed by atoms with Crippen LogP contribution in [0, 0.1) is 33.3 Å². The second-order valence-corrected chi connectivity index (χ2v) is 15.8. The topological polar surface area (TPSA) is 170 Å². The fourth-order valence-electron chi connectivity index (χ4n) is 8.21. The van der Waals surface area contributed by atoms with Gasteiger partial charge in [0.2, 0.25) is 11.8 Å². The summed E-state index contributed by atoms with van der Waals surface area (Å²) in [5.41, 5.74) is 7.20. The van der Waals surface area contributed by atoms with E-state index in [-0.39, 0.29) is 53.3 Å². The van der Waals surface area contributed by atoms with Crippen molar-refractivity contribution in [2.45, 2.75) is 174 Å². The van der Waals surface area contributed by atoms with E-state index in [0.717, 1.165) is 32.1 Å². The molecule has 274 valence electrons. The van der Waals surface area contributed by atoms with Gasteiger partial charge in [0.15, 0.2) is 5.03 Å². The number of nitrogens with zero attached hydrogens (tertiary/aromatic N) is 2. The molecule has 4 fully saturated rings. The highest BCUT2D eigenvalue weighted by Crippen LogP contribution is 2.65. The molecule has 3 aliphatic carbocycles. The number of rotatable bonds is 23. The molecular weight excluding hydrogens is 611 g/mol. The Kier molecular flexibility index (Phi) is 15.9. The molecule has 2 amide bonds. The van der Waals surface area contributed by atoms with E-state index in [2.05, 4.69) is 57.2 Å². The number of aliphatic imine (C=N–C) groups is 1. The quantitative estimate of drug-likeness (QED) is 0.0261. The molecule has 48 heavy (non-hydrogen) atoms. The fraction of sp³-hybridized carbons (Fsp3) is 0.914. The monoisotopic (exact) mass is 677 g/mol. The van der Waals surface area contributed by atoms with Gasteiger partial charge in [0.25, 0.3) is 5.96 Å². The third kappa shape index (κ3) is 11.6. The van der Waals surface area contributed by atoms with Crippen LogP contribution in [-0.2, 0) is 18.9 Å². The Morgan fingerprint density at radius 3 is 2.19 bits per heavy atom. The van der Waals surface area contributed by atoms with Gasteiger partial charge < -0.3 is 25.7 Å². The molecule has 0 unspecified atom stereocenters. The first-order valence-electron chi connectivity index (χ1n) is 18.9. The van der Waals surface area contributed by atoms with Crippen LogP contribution < -0.4 is 21.8 Å². The number of unbranched alkanes of at least 4 members (excludes halogenated alkanes) is 10. The highest BCUT2D eigenvalue weighted by Gasteiger charge is 2.68. The second kappa shape index (κ2) is 19.1. The molecule has 1 heterocycles. The Labute approximate surface area is 289 Å². The number of nitrogens with two attached hydrogens (primary N) is 1. The maximum absolute atomic E-state index is 13.8. The Morgan fingerprint density at radius 1 is 0.979 bits per heavy atom. The number of hydrazine groups is 1. The van der Waals surface area contributed by atoms with Gasteiger partial charge in [-0.15, -0.1) is 0 Å².